The lowest BCUT2D eigenvalue weighted by molar-refractivity contribution is -0.134. The molecule has 0 N–H and O–H groups in total. The van der Waals surface area contributed by atoms with Gasteiger partial charge in [0.1, 0.15) is 12.0 Å². The van der Waals surface area contributed by atoms with Crippen molar-refractivity contribution in [2.24, 2.45) is 0 Å². The Morgan fingerprint density at radius 2 is 2.22 bits per heavy atom. The number of carbonyl (C=O) groups excluding carboxylic acids is 2. The van der Waals surface area contributed by atoms with Crippen LogP contribution in [0.2, 0.25) is 0 Å². The molecule has 96 valence electrons. The van der Waals surface area contributed by atoms with Gasteiger partial charge in [-0.15, -0.1) is 0 Å². The van der Waals surface area contributed by atoms with E-state index in [1.807, 2.05) is 18.2 Å². The number of rotatable bonds is 2. The summed E-state index contributed by atoms with van der Waals surface area (Å²) in [4.78, 5) is 24.3. The normalized spacial score (nSPS) is 18.8. The van der Waals surface area contributed by atoms with Gasteiger partial charge >= 0.3 is 0 Å². The van der Waals surface area contributed by atoms with Gasteiger partial charge in [-0.05, 0) is 36.1 Å². The van der Waals surface area contributed by atoms with Gasteiger partial charge in [0.25, 0.3) is 0 Å². The van der Waals surface area contributed by atoms with Crippen LogP contribution in [0.25, 0.3) is 0 Å². The zero-order chi connectivity index (χ0) is 13.1. The molecule has 1 aliphatic heterocycles. The number of carbonyl (C=O) groups is 2. The fraction of sp³-hybridized carbons (Fsp3) is 0.429. The Hall–Kier alpha value is -1.84. The van der Waals surface area contributed by atoms with Crippen LogP contribution in [0, 0.1) is 0 Å². The molecule has 1 heterocycles. The largest absolute Gasteiger partial charge is 0.497 e. The van der Waals surface area contributed by atoms with E-state index in [9.17, 15) is 9.59 Å². The van der Waals surface area contributed by atoms with Gasteiger partial charge in [-0.3, -0.25) is 4.79 Å². The summed E-state index contributed by atoms with van der Waals surface area (Å²) in [5, 5.41) is 0. The molecule has 0 radical (unpaired) electrons. The average molecular weight is 247 g/mol. The first kappa shape index (κ1) is 12.6. The molecular weight excluding hydrogens is 230 g/mol. The second kappa shape index (κ2) is 5.21. The van der Waals surface area contributed by atoms with E-state index < -0.39 is 0 Å². The maximum atomic E-state index is 11.5. The summed E-state index contributed by atoms with van der Waals surface area (Å²) in [5.74, 6) is 0.763. The number of fused-ring (bicyclic) bond motifs is 1. The zero-order valence-electron chi connectivity index (χ0n) is 10.7. The fourth-order valence-corrected chi connectivity index (χ4v) is 2.42. The van der Waals surface area contributed by atoms with Gasteiger partial charge in [-0.25, -0.2) is 0 Å². The molecule has 4 heteroatoms. The Bertz CT molecular complexity index is 470. The fourth-order valence-electron chi connectivity index (χ4n) is 2.42. The highest BCUT2D eigenvalue weighted by atomic mass is 16.5. The SMILES string of the molecule is COc1ccc2c(c1)CCN(C(C)=O)C(C=O)C2. The van der Waals surface area contributed by atoms with Gasteiger partial charge in [0.2, 0.25) is 5.91 Å². The zero-order valence-corrected chi connectivity index (χ0v) is 10.7. The molecule has 2 rings (SSSR count). The molecular formula is C14H17NO3. The molecule has 0 fully saturated rings. The van der Waals surface area contributed by atoms with Crippen molar-refractivity contribution in [3.8, 4) is 5.75 Å². The molecule has 1 atom stereocenters. The lowest BCUT2D eigenvalue weighted by atomic mass is 10.0. The van der Waals surface area contributed by atoms with Crippen molar-refractivity contribution in [1.29, 1.82) is 0 Å². The summed E-state index contributed by atoms with van der Waals surface area (Å²) in [6, 6.07) is 5.51. The molecule has 1 amide bonds. The van der Waals surface area contributed by atoms with E-state index in [0.717, 1.165) is 29.6 Å². The highest BCUT2D eigenvalue weighted by Gasteiger charge is 2.25. The summed E-state index contributed by atoms with van der Waals surface area (Å²) in [5.41, 5.74) is 2.28. The standard InChI is InChI=1S/C14H17NO3/c1-10(17)15-6-5-12-8-14(18-2)4-3-11(12)7-13(15)9-16/h3-4,8-9,13H,5-7H2,1-2H3. The third-order valence-corrected chi connectivity index (χ3v) is 3.43. The van der Waals surface area contributed by atoms with Crippen LogP contribution in [0.5, 0.6) is 5.75 Å². The van der Waals surface area contributed by atoms with Crippen molar-refractivity contribution in [1.82, 2.24) is 4.90 Å². The summed E-state index contributed by atoms with van der Waals surface area (Å²) in [6.45, 7) is 2.09. The average Bonchev–Trinajstić information content (AvgIpc) is 2.56. The Morgan fingerprint density at radius 1 is 1.44 bits per heavy atom. The van der Waals surface area contributed by atoms with E-state index in [-0.39, 0.29) is 11.9 Å². The monoisotopic (exact) mass is 247 g/mol. The second-order valence-corrected chi connectivity index (χ2v) is 4.50. The quantitative estimate of drug-likeness (QED) is 0.738. The van der Waals surface area contributed by atoms with Crippen LogP contribution < -0.4 is 4.74 Å². The molecule has 0 aromatic heterocycles. The number of aldehydes is 1. The van der Waals surface area contributed by atoms with Crippen molar-refractivity contribution in [2.45, 2.75) is 25.8 Å². The summed E-state index contributed by atoms with van der Waals surface area (Å²) >= 11 is 0. The molecule has 4 nitrogen and oxygen atoms in total. The maximum Gasteiger partial charge on any atom is 0.220 e. The topological polar surface area (TPSA) is 46.6 Å². The number of hydrogen-bond acceptors (Lipinski definition) is 3. The van der Waals surface area contributed by atoms with Crippen LogP contribution in [-0.2, 0) is 22.4 Å². The van der Waals surface area contributed by atoms with Crippen molar-refractivity contribution < 1.29 is 14.3 Å². The van der Waals surface area contributed by atoms with E-state index in [2.05, 4.69) is 0 Å². The van der Waals surface area contributed by atoms with Crippen molar-refractivity contribution >= 4 is 12.2 Å². The first-order valence-corrected chi connectivity index (χ1v) is 6.04. The molecule has 1 aromatic carbocycles. The van der Waals surface area contributed by atoms with Crippen LogP contribution >= 0.6 is 0 Å². The molecule has 0 bridgehead atoms. The number of amides is 1. The molecule has 0 aliphatic carbocycles. The molecule has 18 heavy (non-hydrogen) atoms. The highest BCUT2D eigenvalue weighted by molar-refractivity contribution is 5.78. The molecule has 1 aliphatic rings. The lowest BCUT2D eigenvalue weighted by Gasteiger charge is -2.24. The van der Waals surface area contributed by atoms with Gasteiger partial charge in [-0.1, -0.05) is 6.07 Å². The first-order valence-electron chi connectivity index (χ1n) is 6.04. The third-order valence-electron chi connectivity index (χ3n) is 3.43. The summed E-state index contributed by atoms with van der Waals surface area (Å²) < 4.78 is 5.20. The Labute approximate surface area is 107 Å². The molecule has 1 unspecified atom stereocenters. The Morgan fingerprint density at radius 3 is 2.83 bits per heavy atom. The van der Waals surface area contributed by atoms with Crippen LogP contribution in [-0.4, -0.2) is 36.8 Å². The molecule has 0 saturated heterocycles. The second-order valence-electron chi connectivity index (χ2n) is 4.50. The third kappa shape index (κ3) is 2.37. The lowest BCUT2D eigenvalue weighted by Crippen LogP contribution is -2.41. The number of hydrogen-bond donors (Lipinski definition) is 0. The highest BCUT2D eigenvalue weighted by Crippen LogP contribution is 2.23. The van der Waals surface area contributed by atoms with E-state index in [1.54, 1.807) is 12.0 Å². The predicted octanol–water partition coefficient (Wildman–Crippen LogP) is 1.21. The van der Waals surface area contributed by atoms with Crippen molar-refractivity contribution in [3.05, 3.63) is 29.3 Å². The molecule has 0 saturated carbocycles. The minimum Gasteiger partial charge on any atom is -0.497 e. The van der Waals surface area contributed by atoms with Crippen LogP contribution in [0.15, 0.2) is 18.2 Å². The van der Waals surface area contributed by atoms with Gasteiger partial charge in [0.05, 0.1) is 13.2 Å². The van der Waals surface area contributed by atoms with E-state index >= 15 is 0 Å². The predicted molar refractivity (Wildman–Crippen MR) is 67.6 cm³/mol. The minimum absolute atomic E-state index is 0.0492. The van der Waals surface area contributed by atoms with Crippen molar-refractivity contribution in [3.63, 3.8) is 0 Å². The maximum absolute atomic E-state index is 11.5. The minimum atomic E-state index is -0.350. The first-order chi connectivity index (χ1) is 8.65. The number of ether oxygens (including phenoxy) is 1. The van der Waals surface area contributed by atoms with Gasteiger partial charge in [0.15, 0.2) is 0 Å². The van der Waals surface area contributed by atoms with Crippen LogP contribution in [0.4, 0.5) is 0 Å². The summed E-state index contributed by atoms with van der Waals surface area (Å²) in [6.07, 6.45) is 2.21. The number of benzene rings is 1. The number of nitrogens with zero attached hydrogens (tertiary/aromatic N) is 1. The van der Waals surface area contributed by atoms with E-state index in [4.69, 9.17) is 4.74 Å². The van der Waals surface area contributed by atoms with Crippen LogP contribution in [0.1, 0.15) is 18.1 Å². The Kier molecular flexibility index (Phi) is 3.65. The molecule has 0 spiro atoms. The van der Waals surface area contributed by atoms with E-state index in [0.29, 0.717) is 13.0 Å². The van der Waals surface area contributed by atoms with Gasteiger partial charge < -0.3 is 14.4 Å². The summed E-state index contributed by atoms with van der Waals surface area (Å²) in [7, 11) is 1.63. The smallest absolute Gasteiger partial charge is 0.220 e. The van der Waals surface area contributed by atoms with Crippen LogP contribution in [0.3, 0.4) is 0 Å². The van der Waals surface area contributed by atoms with Crippen molar-refractivity contribution in [2.75, 3.05) is 13.7 Å². The molecule has 1 aromatic rings. The van der Waals surface area contributed by atoms with Gasteiger partial charge in [0, 0.05) is 13.5 Å². The van der Waals surface area contributed by atoms with Gasteiger partial charge in [-0.2, -0.15) is 0 Å². The Balaban J connectivity index is 2.32. The number of methoxy groups -OCH3 is 1. The van der Waals surface area contributed by atoms with E-state index in [1.165, 1.54) is 6.92 Å².